The topological polar surface area (TPSA) is 124 Å². The summed E-state index contributed by atoms with van der Waals surface area (Å²) in [6, 6.07) is 5.95. The number of carbonyl (C=O) groups excluding carboxylic acids is 1. The number of hydrogen-bond donors (Lipinski definition) is 2. The Balaban J connectivity index is 1.37. The number of fused-ring (bicyclic) bond motifs is 3. The third-order valence-corrected chi connectivity index (χ3v) is 11.3. The molecule has 1 amide bonds. The second-order valence-corrected chi connectivity index (χ2v) is 16.5. The fourth-order valence-electron chi connectivity index (χ4n) is 7.74. The third-order valence-electron chi connectivity index (χ3n) is 9.92. The second-order valence-electron chi connectivity index (χ2n) is 15.1. The summed E-state index contributed by atoms with van der Waals surface area (Å²) in [4.78, 5) is 26.0. The number of aliphatic hydroxyl groups is 1. The highest BCUT2D eigenvalue weighted by Gasteiger charge is 2.47. The zero-order chi connectivity index (χ0) is 37.2. The van der Waals surface area contributed by atoms with E-state index in [1.165, 1.54) is 12.1 Å². The number of halogens is 4. The van der Waals surface area contributed by atoms with Crippen LogP contribution in [0.2, 0.25) is 5.02 Å². The smallest absolute Gasteiger partial charge is 0.412 e. The zero-order valence-corrected chi connectivity index (χ0v) is 30.8. The monoisotopic (exact) mass is 754 g/mol. The SMILES string of the molecule is CC(C)(C)OC(=O)Nc1sc2c(F)ccc(-c3c(Cl)cc4c(N5CCC[C@@](C)(O)C5)nc(OCC56CCCN5C/C(=C\F)C6)nc4c3F)c2c1C#N. The van der Waals surface area contributed by atoms with Gasteiger partial charge in [-0.1, -0.05) is 17.7 Å². The number of anilines is 2. The number of nitrogens with zero attached hydrogens (tertiary/aromatic N) is 5. The van der Waals surface area contributed by atoms with Crippen LogP contribution in [0.5, 0.6) is 6.01 Å². The van der Waals surface area contributed by atoms with E-state index in [0.717, 1.165) is 36.8 Å². The van der Waals surface area contributed by atoms with Gasteiger partial charge in [0, 0.05) is 36.0 Å². The highest BCUT2D eigenvalue weighted by molar-refractivity contribution is 7.23. The maximum absolute atomic E-state index is 17.2. The number of benzene rings is 2. The van der Waals surface area contributed by atoms with E-state index in [2.05, 4.69) is 15.2 Å². The van der Waals surface area contributed by atoms with E-state index < -0.39 is 34.5 Å². The first-order chi connectivity index (χ1) is 24.6. The molecule has 2 atom stereocenters. The van der Waals surface area contributed by atoms with Gasteiger partial charge in [-0.15, -0.1) is 11.3 Å². The minimum absolute atomic E-state index is 0.0113. The number of ether oxygens (including phenoxy) is 2. The Labute approximate surface area is 307 Å². The molecule has 3 saturated heterocycles. The summed E-state index contributed by atoms with van der Waals surface area (Å²) < 4.78 is 57.7. The van der Waals surface area contributed by atoms with Crippen molar-refractivity contribution in [2.24, 2.45) is 0 Å². The molecule has 10 nitrogen and oxygen atoms in total. The van der Waals surface area contributed by atoms with Crippen molar-refractivity contribution in [2.75, 3.05) is 43.0 Å². The number of aromatic nitrogens is 2. The summed E-state index contributed by atoms with van der Waals surface area (Å²) >= 11 is 7.71. The lowest BCUT2D eigenvalue weighted by Gasteiger charge is -2.38. The van der Waals surface area contributed by atoms with Gasteiger partial charge in [-0.25, -0.2) is 18.0 Å². The Kier molecular flexibility index (Phi) is 9.30. The number of thiophene rings is 1. The normalized spacial score (nSPS) is 23.0. The lowest BCUT2D eigenvalue weighted by atomic mass is 9.94. The van der Waals surface area contributed by atoms with Crippen molar-refractivity contribution in [3.63, 3.8) is 0 Å². The van der Waals surface area contributed by atoms with Gasteiger partial charge in [-0.05, 0) is 89.6 Å². The van der Waals surface area contributed by atoms with E-state index in [0.29, 0.717) is 50.1 Å². The van der Waals surface area contributed by atoms with Crippen LogP contribution in [-0.4, -0.2) is 75.6 Å². The van der Waals surface area contributed by atoms with Gasteiger partial charge in [0.05, 0.1) is 32.8 Å². The molecule has 2 aromatic carbocycles. The van der Waals surface area contributed by atoms with E-state index in [9.17, 15) is 19.6 Å². The molecule has 2 N–H and O–H groups in total. The molecule has 2 aromatic heterocycles. The van der Waals surface area contributed by atoms with E-state index in [1.807, 2.05) is 11.0 Å². The summed E-state index contributed by atoms with van der Waals surface area (Å²) in [5, 5.41) is 24.1. The number of nitriles is 1. The summed E-state index contributed by atoms with van der Waals surface area (Å²) in [6.45, 7) is 8.99. The summed E-state index contributed by atoms with van der Waals surface area (Å²) in [7, 11) is 0. The van der Waals surface area contributed by atoms with Gasteiger partial charge in [0.15, 0.2) is 5.82 Å². The number of rotatable bonds is 6. The number of carbonyl (C=O) groups is 1. The molecule has 7 rings (SSSR count). The van der Waals surface area contributed by atoms with E-state index in [-0.39, 0.29) is 66.9 Å². The van der Waals surface area contributed by atoms with E-state index >= 15 is 8.78 Å². The molecular formula is C37H38ClF3N6O4S. The first-order valence-electron chi connectivity index (χ1n) is 17.1. The minimum atomic E-state index is -1.03. The third kappa shape index (κ3) is 6.64. The van der Waals surface area contributed by atoms with Crippen LogP contribution in [0, 0.1) is 23.0 Å². The Morgan fingerprint density at radius 1 is 1.23 bits per heavy atom. The maximum Gasteiger partial charge on any atom is 0.412 e. The van der Waals surface area contributed by atoms with Crippen molar-refractivity contribution < 1.29 is 32.5 Å². The minimum Gasteiger partial charge on any atom is -0.461 e. The molecule has 0 spiro atoms. The van der Waals surface area contributed by atoms with Crippen molar-refractivity contribution in [1.82, 2.24) is 14.9 Å². The van der Waals surface area contributed by atoms with Crippen LogP contribution in [0.25, 0.3) is 32.1 Å². The molecule has 0 saturated carbocycles. The number of β-amino-alcohol motifs (C(OH)–C–C–N with tert-alkyl or cyclic N) is 1. The molecular weight excluding hydrogens is 717 g/mol. The van der Waals surface area contributed by atoms with Crippen LogP contribution >= 0.6 is 22.9 Å². The molecule has 3 aliphatic rings. The molecule has 0 aliphatic carbocycles. The van der Waals surface area contributed by atoms with Gasteiger partial charge in [-0.2, -0.15) is 15.2 Å². The molecule has 15 heteroatoms. The first kappa shape index (κ1) is 36.2. The summed E-state index contributed by atoms with van der Waals surface area (Å²) in [5.41, 5.74) is -1.84. The molecule has 52 heavy (non-hydrogen) atoms. The van der Waals surface area contributed by atoms with Crippen LogP contribution < -0.4 is 15.0 Å². The predicted octanol–water partition coefficient (Wildman–Crippen LogP) is 8.48. The van der Waals surface area contributed by atoms with Gasteiger partial charge in [0.25, 0.3) is 0 Å². The van der Waals surface area contributed by atoms with Gasteiger partial charge < -0.3 is 19.5 Å². The Hall–Kier alpha value is -4.16. The van der Waals surface area contributed by atoms with Crippen molar-refractivity contribution in [3.8, 4) is 23.2 Å². The number of piperidine rings is 1. The van der Waals surface area contributed by atoms with Gasteiger partial charge in [0.1, 0.15) is 40.4 Å². The molecule has 3 aliphatic heterocycles. The van der Waals surface area contributed by atoms with Crippen LogP contribution in [0.15, 0.2) is 30.1 Å². The fraction of sp³-hybridized carbons (Fsp3) is 0.459. The second kappa shape index (κ2) is 13.4. The largest absolute Gasteiger partial charge is 0.461 e. The highest BCUT2D eigenvalue weighted by atomic mass is 35.5. The molecule has 3 fully saturated rings. The average molecular weight is 755 g/mol. The van der Waals surface area contributed by atoms with Crippen molar-refractivity contribution >= 4 is 60.8 Å². The van der Waals surface area contributed by atoms with Crippen molar-refractivity contribution in [1.29, 1.82) is 5.26 Å². The van der Waals surface area contributed by atoms with Crippen LogP contribution in [-0.2, 0) is 4.74 Å². The fourth-order valence-corrected chi connectivity index (χ4v) is 9.10. The highest BCUT2D eigenvalue weighted by Crippen LogP contribution is 2.47. The van der Waals surface area contributed by atoms with Gasteiger partial charge in [-0.3, -0.25) is 10.2 Å². The molecule has 0 bridgehead atoms. The first-order valence-corrected chi connectivity index (χ1v) is 18.3. The van der Waals surface area contributed by atoms with Crippen molar-refractivity contribution in [3.05, 3.63) is 52.3 Å². The van der Waals surface area contributed by atoms with Crippen molar-refractivity contribution in [2.45, 2.75) is 76.5 Å². The molecule has 5 heterocycles. The quantitative estimate of drug-likeness (QED) is 0.200. The number of nitrogens with one attached hydrogen (secondary N) is 1. The lowest BCUT2D eigenvalue weighted by molar-refractivity contribution is 0.0446. The summed E-state index contributed by atoms with van der Waals surface area (Å²) in [6.07, 6.45) is 3.27. The Morgan fingerprint density at radius 3 is 2.71 bits per heavy atom. The van der Waals surface area contributed by atoms with E-state index in [4.69, 9.17) is 26.1 Å². The van der Waals surface area contributed by atoms with Gasteiger partial charge in [0.2, 0.25) is 0 Å². The van der Waals surface area contributed by atoms with Crippen LogP contribution in [0.4, 0.5) is 28.8 Å². The molecule has 274 valence electrons. The maximum atomic E-state index is 17.2. The summed E-state index contributed by atoms with van der Waals surface area (Å²) in [5.74, 6) is -1.20. The molecule has 4 aromatic rings. The predicted molar refractivity (Wildman–Crippen MR) is 195 cm³/mol. The lowest BCUT2D eigenvalue weighted by Crippen LogP contribution is -2.46. The standard InChI is InChI=1S/C37H38ClF3N6O4S/c1-35(2,3)51-34(48)45-32-23(16-42)26-21(7-8-25(40)30(26)52-32)27-24(38)13-22-29(28(27)41)43-33(44-31(22)46-11-5-9-36(4,49)18-46)50-19-37-10-6-12-47(37)17-20(14-37)15-39/h7-8,13,15,49H,5-6,9-12,14,17-19H2,1-4H3,(H,45,48)/b20-15-/t36-,37?/m1/s1. The van der Waals surface area contributed by atoms with E-state index in [1.54, 1.807) is 27.7 Å². The molecule has 0 radical (unpaired) electrons. The number of amides is 1. The van der Waals surface area contributed by atoms with Crippen LogP contribution in [0.1, 0.15) is 65.4 Å². The van der Waals surface area contributed by atoms with Gasteiger partial charge >= 0.3 is 12.1 Å². The average Bonchev–Trinajstić information content (AvgIpc) is 3.74. The van der Waals surface area contributed by atoms with Crippen LogP contribution in [0.3, 0.4) is 0 Å². The molecule has 1 unspecified atom stereocenters. The Morgan fingerprint density at radius 2 is 2.00 bits per heavy atom. The zero-order valence-electron chi connectivity index (χ0n) is 29.2. The number of hydrogen-bond acceptors (Lipinski definition) is 10. The Bertz CT molecular complexity index is 2180.